The number of aryl methyl sites for hydroxylation is 2. The van der Waals surface area contributed by atoms with Crippen molar-refractivity contribution in [2.75, 3.05) is 0 Å². The zero-order valence-electron chi connectivity index (χ0n) is 21.1. The van der Waals surface area contributed by atoms with Crippen molar-refractivity contribution in [3.8, 4) is 5.75 Å². The summed E-state index contributed by atoms with van der Waals surface area (Å²) in [7, 11) is -4.04. The third-order valence-corrected chi connectivity index (χ3v) is 8.15. The third-order valence-electron chi connectivity index (χ3n) is 6.66. The maximum Gasteiger partial charge on any atom is 0.339 e. The number of ether oxygens (including phenoxy) is 1. The molecule has 5 aromatic rings. The molecule has 5 rings (SSSR count). The van der Waals surface area contributed by atoms with Gasteiger partial charge in [0.05, 0.1) is 4.90 Å². The van der Waals surface area contributed by atoms with E-state index in [-0.39, 0.29) is 22.6 Å². The average molecular weight is 531 g/mol. The molecule has 38 heavy (non-hydrogen) atoms. The quantitative estimate of drug-likeness (QED) is 0.179. The number of aromatic amines is 1. The van der Waals surface area contributed by atoms with Crippen LogP contribution in [-0.4, -0.2) is 25.4 Å². The van der Waals surface area contributed by atoms with Gasteiger partial charge in [-0.1, -0.05) is 35.9 Å². The highest BCUT2D eigenvalue weighted by Crippen LogP contribution is 2.25. The van der Waals surface area contributed by atoms with Crippen molar-refractivity contribution < 1.29 is 22.4 Å². The first kappa shape index (κ1) is 25.4. The summed E-state index contributed by atoms with van der Waals surface area (Å²) >= 11 is 0. The number of para-hydroxylation sites is 1. The zero-order valence-corrected chi connectivity index (χ0v) is 21.9. The molecular formula is C29H26N2O6S. The Balaban J connectivity index is 1.48. The van der Waals surface area contributed by atoms with Crippen LogP contribution in [0, 0.1) is 20.8 Å². The molecule has 2 heterocycles. The standard InChI is InChI=1S/C29H26N2O6S/c1-17-8-11-22(12-9-17)38(34,35)31-26(14-20-16-30-25-7-5-4-6-24(20)25)29(33)36-21-10-13-23-18(2)19(3)28(32)37-27(23)15-21/h4-13,15-16,26,30-31H,14H2,1-3H3/t26-/m0/s1. The number of esters is 1. The molecule has 194 valence electrons. The second-order valence-electron chi connectivity index (χ2n) is 9.27. The summed E-state index contributed by atoms with van der Waals surface area (Å²) in [5.74, 6) is -0.663. The number of H-pyrrole nitrogens is 1. The van der Waals surface area contributed by atoms with Crippen LogP contribution in [0.5, 0.6) is 5.75 Å². The number of carbonyl (C=O) groups excluding carboxylic acids is 1. The SMILES string of the molecule is Cc1ccc(S(=O)(=O)N[C@@H](Cc2c[nH]c3ccccc23)C(=O)Oc2ccc3c(C)c(C)c(=O)oc3c2)cc1. The highest BCUT2D eigenvalue weighted by atomic mass is 32.2. The molecule has 2 N–H and O–H groups in total. The predicted octanol–water partition coefficient (Wildman–Crippen LogP) is 4.69. The van der Waals surface area contributed by atoms with E-state index in [2.05, 4.69) is 9.71 Å². The monoisotopic (exact) mass is 530 g/mol. The van der Waals surface area contributed by atoms with Crippen LogP contribution in [0.2, 0.25) is 0 Å². The first-order valence-electron chi connectivity index (χ1n) is 12.0. The lowest BCUT2D eigenvalue weighted by atomic mass is 10.1. The molecule has 0 aliphatic rings. The number of benzene rings is 3. The molecule has 9 heteroatoms. The minimum absolute atomic E-state index is 0.0400. The van der Waals surface area contributed by atoms with Gasteiger partial charge in [0, 0.05) is 40.5 Å². The molecule has 0 radical (unpaired) electrons. The van der Waals surface area contributed by atoms with Crippen LogP contribution < -0.4 is 15.1 Å². The Morgan fingerprint density at radius 1 is 0.974 bits per heavy atom. The number of sulfonamides is 1. The Morgan fingerprint density at radius 2 is 1.71 bits per heavy atom. The van der Waals surface area contributed by atoms with Gasteiger partial charge in [0.25, 0.3) is 0 Å². The highest BCUT2D eigenvalue weighted by molar-refractivity contribution is 7.89. The highest BCUT2D eigenvalue weighted by Gasteiger charge is 2.29. The van der Waals surface area contributed by atoms with E-state index in [0.29, 0.717) is 5.56 Å². The van der Waals surface area contributed by atoms with E-state index in [1.54, 1.807) is 37.4 Å². The molecular weight excluding hydrogens is 504 g/mol. The molecule has 0 aliphatic carbocycles. The number of rotatable bonds is 7. The lowest BCUT2D eigenvalue weighted by Gasteiger charge is -2.18. The summed E-state index contributed by atoms with van der Waals surface area (Å²) in [5.41, 5.74) is 3.62. The topological polar surface area (TPSA) is 118 Å². The summed E-state index contributed by atoms with van der Waals surface area (Å²) in [5, 5.41) is 1.59. The summed E-state index contributed by atoms with van der Waals surface area (Å²) in [4.78, 5) is 28.7. The summed E-state index contributed by atoms with van der Waals surface area (Å²) in [6.45, 7) is 5.36. The minimum Gasteiger partial charge on any atom is -0.425 e. The maximum atomic E-state index is 13.4. The number of hydrogen-bond donors (Lipinski definition) is 2. The van der Waals surface area contributed by atoms with Crippen LogP contribution in [0.3, 0.4) is 0 Å². The van der Waals surface area contributed by atoms with Gasteiger partial charge in [0.2, 0.25) is 10.0 Å². The summed E-state index contributed by atoms with van der Waals surface area (Å²) < 4.78 is 39.9. The van der Waals surface area contributed by atoms with Crippen LogP contribution in [0.25, 0.3) is 21.9 Å². The average Bonchev–Trinajstić information content (AvgIpc) is 3.30. The zero-order chi connectivity index (χ0) is 27.0. The van der Waals surface area contributed by atoms with Crippen molar-refractivity contribution in [2.45, 2.75) is 38.1 Å². The second kappa shape index (κ2) is 9.92. The van der Waals surface area contributed by atoms with Crippen LogP contribution >= 0.6 is 0 Å². The number of hydrogen-bond acceptors (Lipinski definition) is 6. The van der Waals surface area contributed by atoms with E-state index in [9.17, 15) is 18.0 Å². The van der Waals surface area contributed by atoms with Crippen molar-refractivity contribution in [1.29, 1.82) is 0 Å². The molecule has 8 nitrogen and oxygen atoms in total. The van der Waals surface area contributed by atoms with Gasteiger partial charge in [-0.25, -0.2) is 18.0 Å². The number of fused-ring (bicyclic) bond motifs is 2. The number of aromatic nitrogens is 1. The molecule has 2 aromatic heterocycles. The fourth-order valence-corrected chi connectivity index (χ4v) is 5.53. The molecule has 0 saturated carbocycles. The van der Waals surface area contributed by atoms with Crippen LogP contribution in [0.15, 0.2) is 87.0 Å². The molecule has 0 spiro atoms. The van der Waals surface area contributed by atoms with Gasteiger partial charge in [-0.05, 0) is 62.2 Å². The van der Waals surface area contributed by atoms with E-state index in [1.165, 1.54) is 18.2 Å². The van der Waals surface area contributed by atoms with E-state index in [0.717, 1.165) is 33.0 Å². The lowest BCUT2D eigenvalue weighted by molar-refractivity contribution is -0.136. The number of carbonyl (C=O) groups is 1. The van der Waals surface area contributed by atoms with Crippen molar-refractivity contribution in [1.82, 2.24) is 9.71 Å². The van der Waals surface area contributed by atoms with E-state index < -0.39 is 27.7 Å². The number of nitrogens with one attached hydrogen (secondary N) is 2. The van der Waals surface area contributed by atoms with Crippen molar-refractivity contribution in [3.05, 3.63) is 106 Å². The molecule has 0 fully saturated rings. The Labute approximate surface area is 219 Å². The van der Waals surface area contributed by atoms with Gasteiger partial charge in [-0.3, -0.25) is 0 Å². The molecule has 1 atom stereocenters. The van der Waals surface area contributed by atoms with E-state index in [4.69, 9.17) is 9.15 Å². The van der Waals surface area contributed by atoms with Gasteiger partial charge in [0.15, 0.2) is 0 Å². The molecule has 0 aliphatic heterocycles. The molecule has 3 aromatic carbocycles. The van der Waals surface area contributed by atoms with Gasteiger partial charge in [-0.15, -0.1) is 0 Å². The van der Waals surface area contributed by atoms with Gasteiger partial charge >= 0.3 is 11.6 Å². The van der Waals surface area contributed by atoms with Crippen molar-refractivity contribution >= 4 is 37.9 Å². The molecule has 0 bridgehead atoms. The van der Waals surface area contributed by atoms with Gasteiger partial charge < -0.3 is 14.1 Å². The Kier molecular flexibility index (Phi) is 6.64. The fraction of sp³-hybridized carbons (Fsp3) is 0.172. The lowest BCUT2D eigenvalue weighted by Crippen LogP contribution is -2.44. The first-order valence-corrected chi connectivity index (χ1v) is 13.5. The van der Waals surface area contributed by atoms with Crippen molar-refractivity contribution in [3.63, 3.8) is 0 Å². The van der Waals surface area contributed by atoms with E-state index >= 15 is 0 Å². The molecule has 0 unspecified atom stereocenters. The minimum atomic E-state index is -4.04. The van der Waals surface area contributed by atoms with Crippen LogP contribution in [0.4, 0.5) is 0 Å². The summed E-state index contributed by atoms with van der Waals surface area (Å²) in [6.07, 6.45) is 1.80. The smallest absolute Gasteiger partial charge is 0.339 e. The molecule has 0 saturated heterocycles. The van der Waals surface area contributed by atoms with Gasteiger partial charge in [-0.2, -0.15) is 4.72 Å². The van der Waals surface area contributed by atoms with Gasteiger partial charge in [0.1, 0.15) is 17.4 Å². The van der Waals surface area contributed by atoms with Crippen LogP contribution in [-0.2, 0) is 21.2 Å². The Bertz CT molecular complexity index is 1840. The predicted molar refractivity (Wildman–Crippen MR) is 145 cm³/mol. The largest absolute Gasteiger partial charge is 0.425 e. The normalized spacial score (nSPS) is 12.6. The second-order valence-corrected chi connectivity index (χ2v) is 11.0. The first-order chi connectivity index (χ1) is 18.1. The maximum absolute atomic E-state index is 13.4. The van der Waals surface area contributed by atoms with E-state index in [1.807, 2.05) is 38.1 Å². The fourth-order valence-electron chi connectivity index (χ4n) is 4.35. The third kappa shape index (κ3) is 4.98. The Morgan fingerprint density at radius 3 is 2.47 bits per heavy atom. The van der Waals surface area contributed by atoms with Crippen molar-refractivity contribution in [2.24, 2.45) is 0 Å². The Hall–Kier alpha value is -4.21. The van der Waals surface area contributed by atoms with Crippen LogP contribution in [0.1, 0.15) is 22.3 Å². The summed E-state index contributed by atoms with van der Waals surface area (Å²) in [6, 6.07) is 17.4. The molecule has 0 amide bonds.